The van der Waals surface area contributed by atoms with Crippen molar-refractivity contribution in [2.24, 2.45) is 0 Å². The molecular formula is C15H13BrINO2. The summed E-state index contributed by atoms with van der Waals surface area (Å²) in [7, 11) is 0. The third-order valence-electron chi connectivity index (χ3n) is 2.60. The normalized spacial score (nSPS) is 10.2. The van der Waals surface area contributed by atoms with E-state index in [0.717, 1.165) is 19.5 Å². The molecule has 0 spiro atoms. The monoisotopic (exact) mass is 445 g/mol. The summed E-state index contributed by atoms with van der Waals surface area (Å²) in [6.45, 7) is 2.51. The van der Waals surface area contributed by atoms with Crippen LogP contribution in [-0.2, 0) is 0 Å². The lowest BCUT2D eigenvalue weighted by Gasteiger charge is -2.09. The predicted molar refractivity (Wildman–Crippen MR) is 92.4 cm³/mol. The third-order valence-corrected chi connectivity index (χ3v) is 3.93. The topological polar surface area (TPSA) is 38.3 Å². The maximum absolute atomic E-state index is 12.1. The van der Waals surface area contributed by atoms with Crippen molar-refractivity contribution in [2.75, 3.05) is 11.9 Å². The van der Waals surface area contributed by atoms with Gasteiger partial charge in [0.25, 0.3) is 5.91 Å². The molecule has 20 heavy (non-hydrogen) atoms. The second kappa shape index (κ2) is 7.08. The highest BCUT2D eigenvalue weighted by molar-refractivity contribution is 14.1. The largest absolute Gasteiger partial charge is 0.493 e. The van der Waals surface area contributed by atoms with Gasteiger partial charge in [0.1, 0.15) is 5.75 Å². The zero-order chi connectivity index (χ0) is 14.5. The van der Waals surface area contributed by atoms with Crippen molar-refractivity contribution in [3.8, 4) is 5.75 Å². The summed E-state index contributed by atoms with van der Waals surface area (Å²) in [6.07, 6.45) is 0. The van der Waals surface area contributed by atoms with E-state index in [1.807, 2.05) is 31.2 Å². The third kappa shape index (κ3) is 3.96. The van der Waals surface area contributed by atoms with E-state index in [1.54, 1.807) is 18.2 Å². The molecule has 0 radical (unpaired) electrons. The lowest BCUT2D eigenvalue weighted by molar-refractivity contribution is 0.102. The van der Waals surface area contributed by atoms with Crippen molar-refractivity contribution >= 4 is 50.1 Å². The minimum atomic E-state index is -0.144. The van der Waals surface area contributed by atoms with Crippen molar-refractivity contribution in [2.45, 2.75) is 6.92 Å². The number of nitrogens with one attached hydrogen (secondary N) is 1. The first-order chi connectivity index (χ1) is 9.60. The van der Waals surface area contributed by atoms with E-state index >= 15 is 0 Å². The van der Waals surface area contributed by atoms with Crippen LogP contribution in [0.25, 0.3) is 0 Å². The molecule has 0 saturated carbocycles. The van der Waals surface area contributed by atoms with Crippen LogP contribution in [0.15, 0.2) is 46.9 Å². The number of hydrogen-bond donors (Lipinski definition) is 1. The van der Waals surface area contributed by atoms with Gasteiger partial charge in [-0.2, -0.15) is 0 Å². The molecule has 0 aliphatic rings. The molecule has 0 fully saturated rings. The molecule has 0 heterocycles. The molecule has 0 saturated heterocycles. The van der Waals surface area contributed by atoms with Gasteiger partial charge in [-0.25, -0.2) is 0 Å². The van der Waals surface area contributed by atoms with Gasteiger partial charge in [0.2, 0.25) is 0 Å². The van der Waals surface area contributed by atoms with E-state index in [9.17, 15) is 4.79 Å². The zero-order valence-corrected chi connectivity index (χ0v) is 14.6. The Morgan fingerprint density at radius 2 is 1.95 bits per heavy atom. The lowest BCUT2D eigenvalue weighted by atomic mass is 10.2. The minimum absolute atomic E-state index is 0.144. The molecular weight excluding hydrogens is 433 g/mol. The van der Waals surface area contributed by atoms with Gasteiger partial charge >= 0.3 is 0 Å². The smallest absolute Gasteiger partial charge is 0.255 e. The van der Waals surface area contributed by atoms with Crippen LogP contribution in [0.2, 0.25) is 0 Å². The Balaban J connectivity index is 2.13. The maximum Gasteiger partial charge on any atom is 0.255 e. The van der Waals surface area contributed by atoms with E-state index in [0.29, 0.717) is 12.2 Å². The molecule has 0 aromatic heterocycles. The second-order valence-corrected chi connectivity index (χ2v) is 6.14. The average Bonchev–Trinajstić information content (AvgIpc) is 2.44. The van der Waals surface area contributed by atoms with Gasteiger partial charge in [-0.15, -0.1) is 0 Å². The molecule has 2 aromatic rings. The summed E-state index contributed by atoms with van der Waals surface area (Å²) >= 11 is 5.63. The first kappa shape index (κ1) is 15.3. The Morgan fingerprint density at radius 1 is 1.25 bits per heavy atom. The van der Waals surface area contributed by atoms with E-state index in [1.165, 1.54) is 0 Å². The van der Waals surface area contributed by atoms with Crippen LogP contribution in [0.4, 0.5) is 5.69 Å². The molecule has 0 bridgehead atoms. The van der Waals surface area contributed by atoms with Gasteiger partial charge < -0.3 is 10.1 Å². The molecule has 0 aliphatic heterocycles. The molecule has 3 nitrogen and oxygen atoms in total. The van der Waals surface area contributed by atoms with Crippen molar-refractivity contribution in [3.05, 3.63) is 56.1 Å². The molecule has 1 amide bonds. The predicted octanol–water partition coefficient (Wildman–Crippen LogP) is 4.70. The summed E-state index contributed by atoms with van der Waals surface area (Å²) in [5, 5.41) is 2.86. The van der Waals surface area contributed by atoms with Crippen molar-refractivity contribution in [3.63, 3.8) is 0 Å². The number of benzene rings is 2. The Kier molecular flexibility index (Phi) is 5.42. The van der Waals surface area contributed by atoms with E-state index in [-0.39, 0.29) is 5.91 Å². The number of halogens is 2. The van der Waals surface area contributed by atoms with Crippen LogP contribution >= 0.6 is 38.5 Å². The first-order valence-corrected chi connectivity index (χ1v) is 7.96. The lowest BCUT2D eigenvalue weighted by Crippen LogP contribution is -2.11. The fraction of sp³-hybridized carbons (Fsp3) is 0.133. The van der Waals surface area contributed by atoms with Gasteiger partial charge in [0.15, 0.2) is 0 Å². The van der Waals surface area contributed by atoms with Gasteiger partial charge in [-0.1, -0.05) is 0 Å². The number of rotatable bonds is 4. The second-order valence-electron chi connectivity index (χ2n) is 4.04. The fourth-order valence-corrected chi connectivity index (χ4v) is 2.50. The van der Waals surface area contributed by atoms with Crippen LogP contribution in [-0.4, -0.2) is 12.5 Å². The number of carbonyl (C=O) groups excluding carboxylic acids is 1. The van der Waals surface area contributed by atoms with Crippen LogP contribution in [0, 0.1) is 3.57 Å². The number of ether oxygens (including phenoxy) is 1. The van der Waals surface area contributed by atoms with Gasteiger partial charge in [-0.05, 0) is 87.9 Å². The molecule has 0 atom stereocenters. The quantitative estimate of drug-likeness (QED) is 0.692. The first-order valence-electron chi connectivity index (χ1n) is 6.09. The van der Waals surface area contributed by atoms with Gasteiger partial charge in [-0.3, -0.25) is 4.79 Å². The van der Waals surface area contributed by atoms with E-state index in [4.69, 9.17) is 4.74 Å². The number of amides is 1. The summed E-state index contributed by atoms with van der Waals surface area (Å²) in [6, 6.07) is 12.9. The number of carbonyl (C=O) groups is 1. The Morgan fingerprint density at radius 3 is 2.55 bits per heavy atom. The van der Waals surface area contributed by atoms with Crippen molar-refractivity contribution in [1.29, 1.82) is 0 Å². The zero-order valence-electron chi connectivity index (χ0n) is 10.8. The summed E-state index contributed by atoms with van der Waals surface area (Å²) in [5.74, 6) is 0.591. The number of anilines is 1. The molecule has 1 N–H and O–H groups in total. The maximum atomic E-state index is 12.1. The minimum Gasteiger partial charge on any atom is -0.493 e. The standard InChI is InChI=1S/C15H13BrINO2/c1-2-20-14-8-3-10(9-13(14)16)15(19)18-12-6-4-11(17)5-7-12/h3-9H,2H2,1H3,(H,18,19). The number of hydrogen-bond acceptors (Lipinski definition) is 2. The molecule has 0 aliphatic carbocycles. The molecule has 2 aromatic carbocycles. The Hall–Kier alpha value is -1.08. The van der Waals surface area contributed by atoms with Gasteiger partial charge in [0.05, 0.1) is 11.1 Å². The SMILES string of the molecule is CCOc1ccc(C(=O)Nc2ccc(I)cc2)cc1Br. The average molecular weight is 446 g/mol. The summed E-state index contributed by atoms with van der Waals surface area (Å²) in [4.78, 5) is 12.1. The summed E-state index contributed by atoms with van der Waals surface area (Å²) in [5.41, 5.74) is 1.36. The van der Waals surface area contributed by atoms with Gasteiger partial charge in [0, 0.05) is 14.8 Å². The van der Waals surface area contributed by atoms with Crippen LogP contribution in [0.3, 0.4) is 0 Å². The van der Waals surface area contributed by atoms with Crippen LogP contribution in [0.5, 0.6) is 5.75 Å². The van der Waals surface area contributed by atoms with Crippen molar-refractivity contribution in [1.82, 2.24) is 0 Å². The molecule has 104 valence electrons. The van der Waals surface area contributed by atoms with Crippen LogP contribution in [0.1, 0.15) is 17.3 Å². The Bertz CT molecular complexity index is 614. The molecule has 5 heteroatoms. The molecule has 0 unspecified atom stereocenters. The highest BCUT2D eigenvalue weighted by Gasteiger charge is 2.09. The van der Waals surface area contributed by atoms with Crippen LogP contribution < -0.4 is 10.1 Å². The van der Waals surface area contributed by atoms with E-state index in [2.05, 4.69) is 43.8 Å². The summed E-state index contributed by atoms with van der Waals surface area (Å²) < 4.78 is 7.33. The fourth-order valence-electron chi connectivity index (χ4n) is 1.65. The van der Waals surface area contributed by atoms with Crippen molar-refractivity contribution < 1.29 is 9.53 Å². The highest BCUT2D eigenvalue weighted by Crippen LogP contribution is 2.26. The molecule has 2 rings (SSSR count). The van der Waals surface area contributed by atoms with E-state index < -0.39 is 0 Å². The highest BCUT2D eigenvalue weighted by atomic mass is 127. The Labute approximate surface area is 140 Å².